The van der Waals surface area contributed by atoms with Crippen LogP contribution in [0, 0.1) is 0 Å². The average Bonchev–Trinajstić information content (AvgIpc) is 2.97. The molecule has 0 saturated carbocycles. The molecule has 5 rings (SSSR count). The number of esters is 1. The van der Waals surface area contributed by atoms with Gasteiger partial charge in [0.1, 0.15) is 5.75 Å². The van der Waals surface area contributed by atoms with E-state index < -0.39 is 50.0 Å². The van der Waals surface area contributed by atoms with Crippen LogP contribution >= 0.6 is 11.6 Å². The fraction of sp³-hybridized carbons (Fsp3) is 0.323. The van der Waals surface area contributed by atoms with Gasteiger partial charge in [0.05, 0.1) is 41.3 Å². The minimum Gasteiger partial charge on any atom is -0.480 e. The molecule has 0 aromatic heterocycles. The molecular weight excluding hydrogens is 662 g/mol. The number of alkyl halides is 6. The van der Waals surface area contributed by atoms with Gasteiger partial charge in [-0.1, -0.05) is 42.0 Å². The molecule has 1 fully saturated rings. The van der Waals surface area contributed by atoms with E-state index in [9.17, 15) is 39.6 Å². The number of benzene rings is 3. The van der Waals surface area contributed by atoms with Gasteiger partial charge in [-0.3, -0.25) is 14.0 Å². The highest BCUT2D eigenvalue weighted by Gasteiger charge is 2.52. The first-order valence-corrected chi connectivity index (χ1v) is 15.8. The molecule has 2 aliphatic heterocycles. The second-order valence-electron chi connectivity index (χ2n) is 10.8. The van der Waals surface area contributed by atoms with Gasteiger partial charge in [-0.15, -0.1) is 0 Å². The van der Waals surface area contributed by atoms with Crippen LogP contribution in [0.4, 0.5) is 32.0 Å². The number of rotatable bonds is 8. The van der Waals surface area contributed by atoms with Crippen molar-refractivity contribution in [2.24, 2.45) is 0 Å². The van der Waals surface area contributed by atoms with E-state index in [1.807, 2.05) is 4.90 Å². The molecule has 0 amide bonds. The van der Waals surface area contributed by atoms with Gasteiger partial charge in [-0.2, -0.15) is 26.3 Å². The van der Waals surface area contributed by atoms with E-state index >= 15 is 0 Å². The van der Waals surface area contributed by atoms with Crippen LogP contribution in [0.25, 0.3) is 12.2 Å². The Morgan fingerprint density at radius 2 is 1.70 bits per heavy atom. The lowest BCUT2D eigenvalue weighted by Crippen LogP contribution is -2.71. The molecule has 3 aromatic carbocycles. The predicted molar refractivity (Wildman–Crippen MR) is 159 cm³/mol. The lowest BCUT2D eigenvalue weighted by Gasteiger charge is -2.54. The minimum atomic E-state index is -4.80. The molecule has 46 heavy (non-hydrogen) atoms. The molecule has 0 aliphatic carbocycles. The molecule has 2 aliphatic rings. The number of carbonyl (C=O) groups excluding carboxylic acids is 1. The van der Waals surface area contributed by atoms with Crippen LogP contribution in [-0.2, 0) is 31.9 Å². The fourth-order valence-corrected chi connectivity index (χ4v) is 7.24. The summed E-state index contributed by atoms with van der Waals surface area (Å²) in [5, 5.41) is -0.152. The lowest BCUT2D eigenvalue weighted by atomic mass is 9.91. The van der Waals surface area contributed by atoms with E-state index in [0.717, 1.165) is 34.6 Å². The van der Waals surface area contributed by atoms with Crippen molar-refractivity contribution < 1.29 is 49.0 Å². The number of halogens is 7. The first kappa shape index (κ1) is 33.6. The summed E-state index contributed by atoms with van der Waals surface area (Å²) in [6.07, 6.45) is -6.92. The minimum absolute atomic E-state index is 0.00892. The zero-order valence-corrected chi connectivity index (χ0v) is 25.7. The van der Waals surface area contributed by atoms with Gasteiger partial charge in [0, 0.05) is 30.2 Å². The molecule has 246 valence electrons. The number of anilines is 1. The Morgan fingerprint density at radius 1 is 0.978 bits per heavy atom. The van der Waals surface area contributed by atoms with Crippen molar-refractivity contribution in [2.45, 2.75) is 36.2 Å². The van der Waals surface area contributed by atoms with Crippen LogP contribution in [0.3, 0.4) is 0 Å². The van der Waals surface area contributed by atoms with Gasteiger partial charge >= 0.3 is 18.3 Å². The number of likely N-dealkylation sites (tertiary alicyclic amines) is 1. The van der Waals surface area contributed by atoms with Crippen LogP contribution in [-0.4, -0.2) is 57.7 Å². The zero-order chi connectivity index (χ0) is 33.5. The largest absolute Gasteiger partial charge is 0.480 e. The molecule has 1 saturated heterocycles. The number of nitrogens with zero attached hydrogens (tertiary/aromatic N) is 2. The summed E-state index contributed by atoms with van der Waals surface area (Å²) in [5.41, 5.74) is -3.22. The van der Waals surface area contributed by atoms with E-state index in [2.05, 4.69) is 0 Å². The molecule has 1 spiro atoms. The number of hydrogen-bond donors (Lipinski definition) is 0. The Morgan fingerprint density at radius 3 is 2.37 bits per heavy atom. The highest BCUT2D eigenvalue weighted by Crippen LogP contribution is 2.45. The number of hydrogen-bond acceptors (Lipinski definition) is 6. The van der Waals surface area contributed by atoms with Crippen molar-refractivity contribution in [1.29, 1.82) is 0 Å². The Balaban J connectivity index is 1.51. The summed E-state index contributed by atoms with van der Waals surface area (Å²) >= 11 is 6.07. The SMILES string of the molecule is CCOC(=O)CCN1CC2(C1)CN(S(=O)(=O)c1cccc(C(F)(F)F)c1)c1cc(/C=C/c3c(Cl)cccc3C(F)(F)F)ccc1O2. The monoisotopic (exact) mass is 688 g/mol. The molecule has 3 aromatic rings. The first-order valence-electron chi connectivity index (χ1n) is 14.0. The summed E-state index contributed by atoms with van der Waals surface area (Å²) < 4.78 is 121. The summed E-state index contributed by atoms with van der Waals surface area (Å²) in [7, 11) is -4.61. The van der Waals surface area contributed by atoms with Gasteiger partial charge in [0.25, 0.3) is 10.0 Å². The van der Waals surface area contributed by atoms with Crippen LogP contribution in [0.2, 0.25) is 5.02 Å². The Labute approximate surface area is 266 Å². The van der Waals surface area contributed by atoms with E-state index in [4.69, 9.17) is 21.1 Å². The molecule has 0 radical (unpaired) electrons. The summed E-state index contributed by atoms with van der Waals surface area (Å²) in [6, 6.07) is 11.0. The van der Waals surface area contributed by atoms with Crippen LogP contribution < -0.4 is 9.04 Å². The van der Waals surface area contributed by atoms with Gasteiger partial charge in [0.15, 0.2) is 5.60 Å². The van der Waals surface area contributed by atoms with Crippen molar-refractivity contribution in [3.05, 3.63) is 87.9 Å². The molecular formula is C31H27ClF6N2O5S. The highest BCUT2D eigenvalue weighted by molar-refractivity contribution is 7.92. The second kappa shape index (κ2) is 12.5. The van der Waals surface area contributed by atoms with E-state index in [1.165, 1.54) is 36.4 Å². The van der Waals surface area contributed by atoms with Crippen LogP contribution in [0.1, 0.15) is 35.6 Å². The van der Waals surface area contributed by atoms with Gasteiger partial charge < -0.3 is 9.47 Å². The quantitative estimate of drug-likeness (QED) is 0.142. The van der Waals surface area contributed by atoms with E-state index in [0.29, 0.717) is 12.6 Å². The smallest absolute Gasteiger partial charge is 0.417 e. The Hall–Kier alpha value is -3.75. The summed E-state index contributed by atoms with van der Waals surface area (Å²) in [4.78, 5) is 13.1. The Bertz CT molecular complexity index is 1770. The molecule has 0 atom stereocenters. The number of ether oxygens (including phenoxy) is 2. The Kier molecular flexibility index (Phi) is 9.10. The van der Waals surface area contributed by atoms with Gasteiger partial charge in [-0.05, 0) is 55.0 Å². The van der Waals surface area contributed by atoms with Crippen molar-refractivity contribution in [2.75, 3.05) is 37.1 Å². The predicted octanol–water partition coefficient (Wildman–Crippen LogP) is 7.14. The van der Waals surface area contributed by atoms with Crippen LogP contribution in [0.15, 0.2) is 65.6 Å². The standard InChI is InChI=1S/C31H27ClF6N2O5S/c1-2-44-28(41)13-14-39-17-29(18-39)19-40(46(42,43)22-6-3-5-21(16-22)30(33,34)35)26-15-20(10-12-27(26)45-29)9-11-23-24(31(36,37)38)7-4-8-25(23)32/h3-12,15-16H,2,13-14,17-19H2,1H3/b11-9+. The maximum atomic E-state index is 14.0. The maximum Gasteiger partial charge on any atom is 0.417 e. The second-order valence-corrected chi connectivity index (χ2v) is 13.1. The van der Waals surface area contributed by atoms with Crippen molar-refractivity contribution >= 4 is 45.4 Å². The summed E-state index contributed by atoms with van der Waals surface area (Å²) in [6.45, 7) is 2.39. The topological polar surface area (TPSA) is 76.2 Å². The maximum absolute atomic E-state index is 14.0. The molecule has 0 N–H and O–H groups in total. The number of carbonyl (C=O) groups is 1. The van der Waals surface area contributed by atoms with E-state index in [1.54, 1.807) is 6.92 Å². The number of sulfonamides is 1. The molecule has 0 bridgehead atoms. The molecule has 2 heterocycles. The van der Waals surface area contributed by atoms with Crippen molar-refractivity contribution in [3.63, 3.8) is 0 Å². The van der Waals surface area contributed by atoms with Crippen LogP contribution in [0.5, 0.6) is 5.75 Å². The van der Waals surface area contributed by atoms with Crippen molar-refractivity contribution in [3.8, 4) is 5.75 Å². The fourth-order valence-electron chi connectivity index (χ4n) is 5.41. The molecule has 15 heteroatoms. The summed E-state index contributed by atoms with van der Waals surface area (Å²) in [5.74, 6) is -0.287. The first-order chi connectivity index (χ1) is 21.5. The normalized spacial score (nSPS) is 16.7. The van der Waals surface area contributed by atoms with Gasteiger partial charge in [-0.25, -0.2) is 8.42 Å². The van der Waals surface area contributed by atoms with Crippen molar-refractivity contribution in [1.82, 2.24) is 4.90 Å². The highest BCUT2D eigenvalue weighted by atomic mass is 35.5. The third-order valence-corrected chi connectivity index (χ3v) is 9.61. The molecule has 0 unspecified atom stereocenters. The van der Waals surface area contributed by atoms with E-state index in [-0.39, 0.29) is 60.2 Å². The number of fused-ring (bicyclic) bond motifs is 1. The average molecular weight is 689 g/mol. The third-order valence-electron chi connectivity index (χ3n) is 7.52. The third kappa shape index (κ3) is 6.98. The molecule has 7 nitrogen and oxygen atoms in total. The van der Waals surface area contributed by atoms with Gasteiger partial charge in [0.2, 0.25) is 0 Å². The lowest BCUT2D eigenvalue weighted by molar-refractivity contribution is -0.145. The zero-order valence-electron chi connectivity index (χ0n) is 24.2.